The molecule has 1 aromatic rings. The molecule has 0 spiro atoms. The molecule has 0 radical (unpaired) electrons. The quantitative estimate of drug-likeness (QED) is 0.777. The molecule has 0 aliphatic rings. The van der Waals surface area contributed by atoms with Gasteiger partial charge in [0.15, 0.2) is 0 Å². The fourth-order valence-electron chi connectivity index (χ4n) is 1.30. The molecule has 0 saturated heterocycles. The number of hydrogen-bond acceptors (Lipinski definition) is 3. The highest BCUT2D eigenvalue weighted by Crippen LogP contribution is 2.04. The van der Waals surface area contributed by atoms with Crippen LogP contribution in [0.1, 0.15) is 30.0 Å². The second kappa shape index (κ2) is 4.78. The Morgan fingerprint density at radius 1 is 1.62 bits per heavy atom. The summed E-state index contributed by atoms with van der Waals surface area (Å²) in [6.07, 6.45) is 0. The third kappa shape index (κ3) is 2.59. The third-order valence-electron chi connectivity index (χ3n) is 2.15. The van der Waals surface area contributed by atoms with E-state index in [0.29, 0.717) is 12.2 Å². The number of nitrogens with zero attached hydrogens (tertiary/aromatic N) is 2. The summed E-state index contributed by atoms with van der Waals surface area (Å²) in [5.74, 6) is -1.48. The average molecular weight is 225 g/mol. The van der Waals surface area contributed by atoms with E-state index in [1.54, 1.807) is 17.7 Å². The summed E-state index contributed by atoms with van der Waals surface area (Å²) in [5.41, 5.74) is 1.11. The Hall–Kier alpha value is -1.85. The molecular weight excluding hydrogens is 210 g/mol. The molecule has 16 heavy (non-hydrogen) atoms. The van der Waals surface area contributed by atoms with Crippen molar-refractivity contribution in [2.45, 2.75) is 33.4 Å². The van der Waals surface area contributed by atoms with Gasteiger partial charge in [0.05, 0.1) is 5.69 Å². The van der Waals surface area contributed by atoms with Crippen molar-refractivity contribution in [3.63, 3.8) is 0 Å². The van der Waals surface area contributed by atoms with Gasteiger partial charge in [-0.2, -0.15) is 5.10 Å². The Morgan fingerprint density at radius 2 is 2.25 bits per heavy atom. The van der Waals surface area contributed by atoms with Crippen molar-refractivity contribution in [2.24, 2.45) is 0 Å². The molecular formula is C10H15N3O3. The first kappa shape index (κ1) is 12.2. The van der Waals surface area contributed by atoms with Crippen LogP contribution in [-0.4, -0.2) is 32.8 Å². The van der Waals surface area contributed by atoms with E-state index in [-0.39, 0.29) is 0 Å². The van der Waals surface area contributed by atoms with Crippen molar-refractivity contribution in [3.8, 4) is 0 Å². The van der Waals surface area contributed by atoms with Gasteiger partial charge in [-0.15, -0.1) is 0 Å². The van der Waals surface area contributed by atoms with Crippen LogP contribution in [0, 0.1) is 6.92 Å². The molecule has 1 atom stereocenters. The SMILES string of the molecule is CCn1nc(C)cc1C(=O)N[C@H](C)C(=O)O. The number of aryl methyl sites for hydroxylation is 2. The first-order valence-corrected chi connectivity index (χ1v) is 5.03. The highest BCUT2D eigenvalue weighted by Gasteiger charge is 2.18. The van der Waals surface area contributed by atoms with Crippen LogP contribution in [0.3, 0.4) is 0 Å². The van der Waals surface area contributed by atoms with E-state index in [9.17, 15) is 9.59 Å². The van der Waals surface area contributed by atoms with Gasteiger partial charge < -0.3 is 10.4 Å². The van der Waals surface area contributed by atoms with Crippen molar-refractivity contribution < 1.29 is 14.7 Å². The van der Waals surface area contributed by atoms with Crippen molar-refractivity contribution in [1.82, 2.24) is 15.1 Å². The van der Waals surface area contributed by atoms with Crippen LogP contribution in [0.25, 0.3) is 0 Å². The van der Waals surface area contributed by atoms with Crippen molar-refractivity contribution in [3.05, 3.63) is 17.5 Å². The molecule has 1 rings (SSSR count). The Bertz CT molecular complexity index is 411. The summed E-state index contributed by atoms with van der Waals surface area (Å²) in [6.45, 7) is 5.63. The van der Waals surface area contributed by atoms with E-state index < -0.39 is 17.9 Å². The zero-order valence-electron chi connectivity index (χ0n) is 9.52. The van der Waals surface area contributed by atoms with Gasteiger partial charge in [0.25, 0.3) is 5.91 Å². The molecule has 1 aromatic heterocycles. The summed E-state index contributed by atoms with van der Waals surface area (Å²) in [4.78, 5) is 22.3. The Kier molecular flexibility index (Phi) is 3.65. The first-order chi connectivity index (χ1) is 7.45. The standard InChI is InChI=1S/C10H15N3O3/c1-4-13-8(5-6(2)12-13)9(14)11-7(3)10(15)16/h5,7H,4H2,1-3H3,(H,11,14)(H,15,16)/t7-/m1/s1. The predicted octanol–water partition coefficient (Wildman–Crippen LogP) is 0.414. The fourth-order valence-corrected chi connectivity index (χ4v) is 1.30. The van der Waals surface area contributed by atoms with Gasteiger partial charge in [0.2, 0.25) is 0 Å². The van der Waals surface area contributed by atoms with Crippen molar-refractivity contribution in [1.29, 1.82) is 0 Å². The molecule has 2 N–H and O–H groups in total. The lowest BCUT2D eigenvalue weighted by Crippen LogP contribution is -2.39. The Labute approximate surface area is 93.3 Å². The summed E-state index contributed by atoms with van der Waals surface area (Å²) in [6, 6.07) is 0.723. The van der Waals surface area contributed by atoms with Gasteiger partial charge in [0, 0.05) is 6.54 Å². The molecule has 6 nitrogen and oxygen atoms in total. The summed E-state index contributed by atoms with van der Waals surface area (Å²) >= 11 is 0. The Morgan fingerprint density at radius 3 is 2.75 bits per heavy atom. The van der Waals surface area contributed by atoms with Crippen LogP contribution >= 0.6 is 0 Å². The number of hydrogen-bond donors (Lipinski definition) is 2. The smallest absolute Gasteiger partial charge is 0.325 e. The average Bonchev–Trinajstić information content (AvgIpc) is 2.59. The normalized spacial score (nSPS) is 12.2. The number of aromatic nitrogens is 2. The van der Waals surface area contributed by atoms with Crippen LogP contribution < -0.4 is 5.32 Å². The van der Waals surface area contributed by atoms with Crippen LogP contribution in [0.15, 0.2) is 6.07 Å². The van der Waals surface area contributed by atoms with Crippen molar-refractivity contribution in [2.75, 3.05) is 0 Å². The maximum absolute atomic E-state index is 11.7. The van der Waals surface area contributed by atoms with E-state index in [1.807, 2.05) is 6.92 Å². The fraction of sp³-hybridized carbons (Fsp3) is 0.500. The number of rotatable bonds is 4. The molecule has 0 aliphatic heterocycles. The van der Waals surface area contributed by atoms with Gasteiger partial charge in [-0.3, -0.25) is 14.3 Å². The van der Waals surface area contributed by atoms with Gasteiger partial charge in [-0.05, 0) is 26.8 Å². The number of carbonyl (C=O) groups is 2. The molecule has 6 heteroatoms. The van der Waals surface area contributed by atoms with E-state index in [1.165, 1.54) is 6.92 Å². The molecule has 1 heterocycles. The highest BCUT2D eigenvalue weighted by atomic mass is 16.4. The van der Waals surface area contributed by atoms with Crippen LogP contribution in [0.2, 0.25) is 0 Å². The molecule has 1 amide bonds. The van der Waals surface area contributed by atoms with E-state index in [4.69, 9.17) is 5.11 Å². The number of carboxylic acid groups (broad SMARTS) is 1. The Balaban J connectivity index is 2.84. The van der Waals surface area contributed by atoms with E-state index >= 15 is 0 Å². The number of carbonyl (C=O) groups excluding carboxylic acids is 1. The molecule has 0 aliphatic carbocycles. The van der Waals surface area contributed by atoms with Gasteiger partial charge in [-0.25, -0.2) is 0 Å². The molecule has 88 valence electrons. The lowest BCUT2D eigenvalue weighted by Gasteiger charge is -2.09. The second-order valence-electron chi connectivity index (χ2n) is 3.52. The van der Waals surface area contributed by atoms with Gasteiger partial charge in [0.1, 0.15) is 11.7 Å². The van der Waals surface area contributed by atoms with E-state index in [2.05, 4.69) is 10.4 Å². The van der Waals surface area contributed by atoms with Crippen LogP contribution in [0.4, 0.5) is 0 Å². The van der Waals surface area contributed by atoms with Crippen molar-refractivity contribution >= 4 is 11.9 Å². The minimum absolute atomic E-state index is 0.382. The maximum atomic E-state index is 11.7. The molecule has 0 fully saturated rings. The first-order valence-electron chi connectivity index (χ1n) is 5.03. The number of nitrogens with one attached hydrogen (secondary N) is 1. The molecule has 0 bridgehead atoms. The third-order valence-corrected chi connectivity index (χ3v) is 2.15. The molecule has 0 aromatic carbocycles. The number of aliphatic carboxylic acids is 1. The zero-order valence-corrected chi connectivity index (χ0v) is 9.52. The van der Waals surface area contributed by atoms with Gasteiger partial charge >= 0.3 is 5.97 Å². The van der Waals surface area contributed by atoms with Crippen LogP contribution in [-0.2, 0) is 11.3 Å². The maximum Gasteiger partial charge on any atom is 0.325 e. The summed E-state index contributed by atoms with van der Waals surface area (Å²) in [7, 11) is 0. The highest BCUT2D eigenvalue weighted by molar-refractivity contribution is 5.95. The molecule has 0 saturated carbocycles. The minimum atomic E-state index is -1.06. The van der Waals surface area contributed by atoms with E-state index in [0.717, 1.165) is 5.69 Å². The second-order valence-corrected chi connectivity index (χ2v) is 3.52. The van der Waals surface area contributed by atoms with Gasteiger partial charge in [-0.1, -0.05) is 0 Å². The number of carboxylic acids is 1. The zero-order chi connectivity index (χ0) is 12.3. The molecule has 0 unspecified atom stereocenters. The number of amides is 1. The predicted molar refractivity (Wildman–Crippen MR) is 57.2 cm³/mol. The lowest BCUT2D eigenvalue weighted by molar-refractivity contribution is -0.138. The monoisotopic (exact) mass is 225 g/mol. The topological polar surface area (TPSA) is 84.2 Å². The summed E-state index contributed by atoms with van der Waals surface area (Å²) in [5, 5.41) is 15.2. The lowest BCUT2D eigenvalue weighted by atomic mass is 10.3. The van der Waals surface area contributed by atoms with Crippen LogP contribution in [0.5, 0.6) is 0 Å². The minimum Gasteiger partial charge on any atom is -0.480 e. The largest absolute Gasteiger partial charge is 0.480 e. The summed E-state index contributed by atoms with van der Waals surface area (Å²) < 4.78 is 1.54.